The van der Waals surface area contributed by atoms with Crippen molar-refractivity contribution in [2.75, 3.05) is 7.11 Å². The molecule has 0 spiro atoms. The van der Waals surface area contributed by atoms with Crippen LogP contribution in [0.25, 0.3) is 0 Å². The molecule has 122 valence electrons. The molecule has 0 bridgehead atoms. The maximum absolute atomic E-state index is 12.3. The van der Waals surface area contributed by atoms with Gasteiger partial charge in [0.1, 0.15) is 11.5 Å². The van der Waals surface area contributed by atoms with Crippen LogP contribution in [0.5, 0.6) is 11.5 Å². The van der Waals surface area contributed by atoms with Gasteiger partial charge < -0.3 is 14.8 Å². The average molecular weight is 313 g/mol. The summed E-state index contributed by atoms with van der Waals surface area (Å²) in [7, 11) is 1.62. The van der Waals surface area contributed by atoms with E-state index in [0.717, 1.165) is 16.9 Å². The van der Waals surface area contributed by atoms with E-state index in [9.17, 15) is 4.79 Å². The number of methoxy groups -OCH3 is 1. The van der Waals surface area contributed by atoms with Crippen LogP contribution in [0.4, 0.5) is 0 Å². The predicted molar refractivity (Wildman–Crippen MR) is 90.8 cm³/mol. The molecule has 0 heterocycles. The minimum absolute atomic E-state index is 0.163. The first-order valence-electron chi connectivity index (χ1n) is 7.68. The highest BCUT2D eigenvalue weighted by atomic mass is 16.5. The van der Waals surface area contributed by atoms with Crippen LogP contribution in [0.15, 0.2) is 48.5 Å². The van der Waals surface area contributed by atoms with E-state index in [4.69, 9.17) is 9.47 Å². The summed E-state index contributed by atoms with van der Waals surface area (Å²) in [4.78, 5) is 12.3. The Balaban J connectivity index is 1.98. The molecule has 23 heavy (non-hydrogen) atoms. The van der Waals surface area contributed by atoms with Gasteiger partial charge in [-0.2, -0.15) is 0 Å². The number of para-hydroxylation sites is 1. The van der Waals surface area contributed by atoms with Crippen LogP contribution >= 0.6 is 0 Å². The molecular weight excluding hydrogens is 290 g/mol. The zero-order chi connectivity index (χ0) is 16.8. The number of carbonyl (C=O) groups excluding carboxylic acids is 1. The summed E-state index contributed by atoms with van der Waals surface area (Å²) in [6, 6.07) is 15.1. The second-order valence-electron chi connectivity index (χ2n) is 5.55. The van der Waals surface area contributed by atoms with Crippen molar-refractivity contribution in [3.63, 3.8) is 0 Å². The molecular formula is C19H23NO3. The highest BCUT2D eigenvalue weighted by molar-refractivity contribution is 5.81. The van der Waals surface area contributed by atoms with Gasteiger partial charge in [-0.1, -0.05) is 35.9 Å². The number of aryl methyl sites for hydroxylation is 1. The summed E-state index contributed by atoms with van der Waals surface area (Å²) in [5.41, 5.74) is 2.09. The van der Waals surface area contributed by atoms with Crippen molar-refractivity contribution in [3.05, 3.63) is 59.7 Å². The standard InChI is InChI=1S/C19H23NO3/c1-13-9-11-16(12-10-13)23-15(3)19(21)20-14(2)17-7-5-6-8-18(17)22-4/h5-12,14-15H,1-4H3,(H,20,21). The molecule has 2 aromatic carbocycles. The van der Waals surface area contributed by atoms with Crippen molar-refractivity contribution in [1.82, 2.24) is 5.32 Å². The highest BCUT2D eigenvalue weighted by Crippen LogP contribution is 2.24. The van der Waals surface area contributed by atoms with Crippen molar-refractivity contribution < 1.29 is 14.3 Å². The van der Waals surface area contributed by atoms with Gasteiger partial charge in [-0.3, -0.25) is 4.79 Å². The number of benzene rings is 2. The molecule has 2 rings (SSSR count). The van der Waals surface area contributed by atoms with Crippen molar-refractivity contribution in [1.29, 1.82) is 0 Å². The Labute approximate surface area is 137 Å². The number of carbonyl (C=O) groups is 1. The van der Waals surface area contributed by atoms with Gasteiger partial charge in [0.05, 0.1) is 13.2 Å². The maximum Gasteiger partial charge on any atom is 0.261 e. The Bertz CT molecular complexity index is 652. The normalized spacial score (nSPS) is 13.0. The quantitative estimate of drug-likeness (QED) is 0.885. The third kappa shape index (κ3) is 4.49. The van der Waals surface area contributed by atoms with E-state index >= 15 is 0 Å². The lowest BCUT2D eigenvalue weighted by atomic mass is 10.1. The molecule has 4 heteroatoms. The van der Waals surface area contributed by atoms with Crippen molar-refractivity contribution in [2.45, 2.75) is 32.9 Å². The van der Waals surface area contributed by atoms with E-state index in [0.29, 0.717) is 5.75 Å². The molecule has 0 aromatic heterocycles. The Morgan fingerprint density at radius 1 is 1.04 bits per heavy atom. The molecule has 2 unspecified atom stereocenters. The second-order valence-corrected chi connectivity index (χ2v) is 5.55. The summed E-state index contributed by atoms with van der Waals surface area (Å²) in [6.07, 6.45) is -0.574. The topological polar surface area (TPSA) is 47.6 Å². The monoisotopic (exact) mass is 313 g/mol. The largest absolute Gasteiger partial charge is 0.496 e. The average Bonchev–Trinajstić information content (AvgIpc) is 2.56. The fourth-order valence-corrected chi connectivity index (χ4v) is 2.31. The third-order valence-corrected chi connectivity index (χ3v) is 3.67. The number of ether oxygens (including phenoxy) is 2. The van der Waals surface area contributed by atoms with Gasteiger partial charge in [0, 0.05) is 5.56 Å². The zero-order valence-corrected chi connectivity index (χ0v) is 14.0. The summed E-state index contributed by atoms with van der Waals surface area (Å²) < 4.78 is 11.0. The fraction of sp³-hybridized carbons (Fsp3) is 0.316. The molecule has 0 radical (unpaired) electrons. The van der Waals surface area contributed by atoms with E-state index < -0.39 is 6.10 Å². The van der Waals surface area contributed by atoms with E-state index in [2.05, 4.69) is 5.32 Å². The van der Waals surface area contributed by atoms with E-state index in [-0.39, 0.29) is 11.9 Å². The van der Waals surface area contributed by atoms with Crippen LogP contribution < -0.4 is 14.8 Å². The van der Waals surface area contributed by atoms with Gasteiger partial charge in [-0.15, -0.1) is 0 Å². The van der Waals surface area contributed by atoms with E-state index in [1.165, 1.54) is 0 Å². The van der Waals surface area contributed by atoms with Crippen molar-refractivity contribution in [3.8, 4) is 11.5 Å². The van der Waals surface area contributed by atoms with Crippen LogP contribution in [-0.4, -0.2) is 19.1 Å². The fourth-order valence-electron chi connectivity index (χ4n) is 2.31. The van der Waals surface area contributed by atoms with E-state index in [1.807, 2.05) is 62.4 Å². The molecule has 0 saturated carbocycles. The molecule has 2 aromatic rings. The van der Waals surface area contributed by atoms with Gasteiger partial charge in [0.2, 0.25) is 0 Å². The number of rotatable bonds is 6. The maximum atomic E-state index is 12.3. The Kier molecular flexibility index (Phi) is 5.63. The number of hydrogen-bond acceptors (Lipinski definition) is 3. The molecule has 1 N–H and O–H groups in total. The summed E-state index contributed by atoms with van der Waals surface area (Å²) in [5, 5.41) is 2.96. The van der Waals surface area contributed by atoms with Crippen LogP contribution in [0, 0.1) is 6.92 Å². The lowest BCUT2D eigenvalue weighted by molar-refractivity contribution is -0.127. The van der Waals surface area contributed by atoms with Gasteiger partial charge in [-0.25, -0.2) is 0 Å². The third-order valence-electron chi connectivity index (χ3n) is 3.67. The lowest BCUT2D eigenvalue weighted by Gasteiger charge is -2.20. The van der Waals surface area contributed by atoms with Gasteiger partial charge in [0.25, 0.3) is 5.91 Å². The first-order valence-corrected chi connectivity index (χ1v) is 7.68. The van der Waals surface area contributed by atoms with Crippen LogP contribution in [-0.2, 0) is 4.79 Å². The predicted octanol–water partition coefficient (Wildman–Crippen LogP) is 3.65. The number of amides is 1. The smallest absolute Gasteiger partial charge is 0.261 e. The minimum atomic E-state index is -0.574. The number of hydrogen-bond donors (Lipinski definition) is 1. The van der Waals surface area contributed by atoms with Crippen LogP contribution in [0.1, 0.15) is 31.0 Å². The molecule has 0 aliphatic rings. The highest BCUT2D eigenvalue weighted by Gasteiger charge is 2.19. The van der Waals surface area contributed by atoms with Crippen molar-refractivity contribution in [2.24, 2.45) is 0 Å². The summed E-state index contributed by atoms with van der Waals surface area (Å²) in [5.74, 6) is 1.28. The van der Waals surface area contributed by atoms with Gasteiger partial charge >= 0.3 is 0 Å². The molecule has 1 amide bonds. The second kappa shape index (κ2) is 7.68. The van der Waals surface area contributed by atoms with E-state index in [1.54, 1.807) is 14.0 Å². The SMILES string of the molecule is COc1ccccc1C(C)NC(=O)C(C)Oc1ccc(C)cc1. The number of nitrogens with one attached hydrogen (secondary N) is 1. The molecule has 0 saturated heterocycles. The minimum Gasteiger partial charge on any atom is -0.496 e. The van der Waals surface area contributed by atoms with Gasteiger partial charge in [-0.05, 0) is 39.0 Å². The molecule has 0 aliphatic carbocycles. The molecule has 2 atom stereocenters. The van der Waals surface area contributed by atoms with Crippen LogP contribution in [0.2, 0.25) is 0 Å². The molecule has 4 nitrogen and oxygen atoms in total. The molecule has 0 aliphatic heterocycles. The van der Waals surface area contributed by atoms with Crippen molar-refractivity contribution >= 4 is 5.91 Å². The summed E-state index contributed by atoms with van der Waals surface area (Å²) in [6.45, 7) is 5.67. The molecule has 0 fully saturated rings. The zero-order valence-electron chi connectivity index (χ0n) is 14.0. The Morgan fingerprint density at radius 2 is 1.70 bits per heavy atom. The van der Waals surface area contributed by atoms with Crippen LogP contribution in [0.3, 0.4) is 0 Å². The van der Waals surface area contributed by atoms with Gasteiger partial charge in [0.15, 0.2) is 6.10 Å². The lowest BCUT2D eigenvalue weighted by Crippen LogP contribution is -2.37. The Morgan fingerprint density at radius 3 is 2.35 bits per heavy atom. The summed E-state index contributed by atoms with van der Waals surface area (Å²) >= 11 is 0. The first-order chi connectivity index (χ1) is 11.0. The Hall–Kier alpha value is -2.49. The first kappa shape index (κ1) is 16.9.